The molecule has 0 fully saturated rings. The van der Waals surface area contributed by atoms with Crippen LogP contribution in [0.15, 0.2) is 45.6 Å². The third-order valence-electron chi connectivity index (χ3n) is 2.99. The molecule has 0 saturated heterocycles. The van der Waals surface area contributed by atoms with E-state index in [1.807, 2.05) is 30.3 Å². The first kappa shape index (κ1) is 11.7. The van der Waals surface area contributed by atoms with Crippen molar-refractivity contribution in [2.24, 2.45) is 0 Å². The van der Waals surface area contributed by atoms with Crippen LogP contribution in [-0.2, 0) is 6.42 Å². The standard InChI is InChI=1S/C14H12N2O3/c17-7-6-10-8-11(18)19-14-12(10)13(15-16-14)9-4-2-1-3-5-9/h1-5,8,17H,6-7H2,(H,15,16). The van der Waals surface area contributed by atoms with E-state index in [0.717, 1.165) is 22.2 Å². The lowest BCUT2D eigenvalue weighted by molar-refractivity contribution is 0.300. The molecule has 0 spiro atoms. The van der Waals surface area contributed by atoms with Gasteiger partial charge in [0.2, 0.25) is 5.71 Å². The lowest BCUT2D eigenvalue weighted by Crippen LogP contribution is -2.02. The zero-order chi connectivity index (χ0) is 13.2. The fourth-order valence-corrected chi connectivity index (χ4v) is 2.17. The van der Waals surface area contributed by atoms with Crippen LogP contribution < -0.4 is 5.63 Å². The normalized spacial score (nSPS) is 11.0. The lowest BCUT2D eigenvalue weighted by Gasteiger charge is -2.02. The zero-order valence-corrected chi connectivity index (χ0v) is 10.1. The molecule has 2 N–H and O–H groups in total. The van der Waals surface area contributed by atoms with E-state index in [9.17, 15) is 4.79 Å². The van der Waals surface area contributed by atoms with Gasteiger partial charge in [-0.1, -0.05) is 30.3 Å². The molecule has 3 aromatic rings. The Morgan fingerprint density at radius 1 is 1.26 bits per heavy atom. The van der Waals surface area contributed by atoms with E-state index in [1.54, 1.807) is 0 Å². The summed E-state index contributed by atoms with van der Waals surface area (Å²) in [5.74, 6) is 0. The van der Waals surface area contributed by atoms with Gasteiger partial charge in [0.25, 0.3) is 0 Å². The van der Waals surface area contributed by atoms with E-state index in [-0.39, 0.29) is 12.3 Å². The third kappa shape index (κ3) is 2.04. The fraction of sp³-hybridized carbons (Fsp3) is 0.143. The van der Waals surface area contributed by atoms with Crippen LogP contribution in [0.2, 0.25) is 0 Å². The largest absolute Gasteiger partial charge is 0.402 e. The highest BCUT2D eigenvalue weighted by atomic mass is 16.4. The minimum absolute atomic E-state index is 0.0298. The van der Waals surface area contributed by atoms with Crippen LogP contribution in [0.4, 0.5) is 0 Å². The maximum atomic E-state index is 11.4. The van der Waals surface area contributed by atoms with Crippen molar-refractivity contribution in [2.45, 2.75) is 6.42 Å². The van der Waals surface area contributed by atoms with E-state index in [1.165, 1.54) is 6.07 Å². The van der Waals surface area contributed by atoms with Gasteiger partial charge in [0.05, 0.1) is 11.1 Å². The summed E-state index contributed by atoms with van der Waals surface area (Å²) in [5.41, 5.74) is 2.30. The van der Waals surface area contributed by atoms with Crippen LogP contribution in [0.25, 0.3) is 22.4 Å². The van der Waals surface area contributed by atoms with Gasteiger partial charge in [0.15, 0.2) is 0 Å². The molecule has 0 atom stereocenters. The number of fused-ring (bicyclic) bond motifs is 1. The van der Waals surface area contributed by atoms with Crippen LogP contribution in [0.3, 0.4) is 0 Å². The van der Waals surface area contributed by atoms with Crippen molar-refractivity contribution in [1.29, 1.82) is 0 Å². The maximum Gasteiger partial charge on any atom is 0.337 e. The Morgan fingerprint density at radius 2 is 2.05 bits per heavy atom. The predicted molar refractivity (Wildman–Crippen MR) is 70.9 cm³/mol. The predicted octanol–water partition coefficient (Wildman–Crippen LogP) is 1.72. The zero-order valence-electron chi connectivity index (χ0n) is 10.1. The number of H-pyrrole nitrogens is 1. The van der Waals surface area contributed by atoms with Crippen molar-refractivity contribution in [3.63, 3.8) is 0 Å². The molecular weight excluding hydrogens is 244 g/mol. The number of aromatic nitrogens is 2. The SMILES string of the molecule is O=c1cc(CCO)c2c(-c3ccccc3)[nH]nc2o1. The van der Waals surface area contributed by atoms with Gasteiger partial charge in [-0.25, -0.2) is 4.79 Å². The Labute approximate surface area is 108 Å². The first-order valence-electron chi connectivity index (χ1n) is 5.97. The summed E-state index contributed by atoms with van der Waals surface area (Å²) in [7, 11) is 0. The second-order valence-corrected chi connectivity index (χ2v) is 4.21. The Kier molecular flexibility index (Phi) is 2.89. The molecule has 2 heterocycles. The molecule has 0 bridgehead atoms. The van der Waals surface area contributed by atoms with E-state index in [2.05, 4.69) is 10.2 Å². The number of aliphatic hydroxyl groups is 1. The van der Waals surface area contributed by atoms with Crippen LogP contribution >= 0.6 is 0 Å². The van der Waals surface area contributed by atoms with Crippen LogP contribution in [0.1, 0.15) is 5.56 Å². The molecule has 0 aliphatic rings. The molecule has 0 aliphatic heterocycles. The average Bonchev–Trinajstić information content (AvgIpc) is 2.84. The molecular formula is C14H12N2O3. The summed E-state index contributed by atoms with van der Waals surface area (Å²) in [6.07, 6.45) is 0.390. The van der Waals surface area contributed by atoms with Gasteiger partial charge in [-0.15, -0.1) is 5.10 Å². The molecule has 1 aromatic carbocycles. The Bertz CT molecular complexity index is 759. The van der Waals surface area contributed by atoms with Gasteiger partial charge in [0, 0.05) is 18.2 Å². The summed E-state index contributed by atoms with van der Waals surface area (Å²) >= 11 is 0. The first-order chi connectivity index (χ1) is 9.29. The highest BCUT2D eigenvalue weighted by Gasteiger charge is 2.14. The fourth-order valence-electron chi connectivity index (χ4n) is 2.17. The van der Waals surface area contributed by atoms with E-state index in [4.69, 9.17) is 9.52 Å². The molecule has 5 heteroatoms. The number of aromatic amines is 1. The summed E-state index contributed by atoms with van der Waals surface area (Å²) in [5, 5.41) is 16.8. The topological polar surface area (TPSA) is 79.1 Å². The number of nitrogens with zero attached hydrogens (tertiary/aromatic N) is 1. The molecule has 2 aromatic heterocycles. The van der Waals surface area contributed by atoms with Crippen LogP contribution in [-0.4, -0.2) is 21.9 Å². The maximum absolute atomic E-state index is 11.4. The highest BCUT2D eigenvalue weighted by Crippen LogP contribution is 2.28. The monoisotopic (exact) mass is 256 g/mol. The number of aliphatic hydroxyl groups excluding tert-OH is 1. The summed E-state index contributed by atoms with van der Waals surface area (Å²) < 4.78 is 5.07. The molecule has 0 unspecified atom stereocenters. The Hall–Kier alpha value is -2.40. The van der Waals surface area contributed by atoms with Crippen molar-refractivity contribution >= 4 is 11.1 Å². The van der Waals surface area contributed by atoms with Gasteiger partial charge in [-0.05, 0) is 12.0 Å². The molecule has 3 rings (SSSR count). The van der Waals surface area contributed by atoms with E-state index in [0.29, 0.717) is 6.42 Å². The minimum atomic E-state index is -0.456. The quantitative estimate of drug-likeness (QED) is 0.747. The van der Waals surface area contributed by atoms with Gasteiger partial charge in [-0.2, -0.15) is 0 Å². The molecule has 19 heavy (non-hydrogen) atoms. The van der Waals surface area contributed by atoms with Gasteiger partial charge < -0.3 is 9.52 Å². The Balaban J connectivity index is 2.30. The second kappa shape index (κ2) is 4.70. The van der Waals surface area contributed by atoms with Gasteiger partial charge in [-0.3, -0.25) is 5.10 Å². The van der Waals surface area contributed by atoms with Gasteiger partial charge >= 0.3 is 5.63 Å². The summed E-state index contributed by atoms with van der Waals surface area (Å²) in [4.78, 5) is 11.4. The molecule has 5 nitrogen and oxygen atoms in total. The lowest BCUT2D eigenvalue weighted by atomic mass is 10.0. The molecule has 0 radical (unpaired) electrons. The van der Waals surface area contributed by atoms with Gasteiger partial charge in [0.1, 0.15) is 0 Å². The van der Waals surface area contributed by atoms with Crippen LogP contribution in [0, 0.1) is 0 Å². The van der Waals surface area contributed by atoms with Crippen molar-refractivity contribution in [1.82, 2.24) is 10.2 Å². The van der Waals surface area contributed by atoms with Crippen molar-refractivity contribution in [3.8, 4) is 11.3 Å². The van der Waals surface area contributed by atoms with Crippen molar-refractivity contribution in [2.75, 3.05) is 6.61 Å². The number of nitrogens with one attached hydrogen (secondary N) is 1. The summed E-state index contributed by atoms with van der Waals surface area (Å²) in [6.45, 7) is -0.0298. The first-order valence-corrected chi connectivity index (χ1v) is 5.97. The van der Waals surface area contributed by atoms with Crippen molar-refractivity contribution in [3.05, 3.63) is 52.4 Å². The summed E-state index contributed by atoms with van der Waals surface area (Å²) in [6, 6.07) is 11.1. The Morgan fingerprint density at radius 3 is 2.79 bits per heavy atom. The number of rotatable bonds is 3. The number of hydrogen-bond donors (Lipinski definition) is 2. The van der Waals surface area contributed by atoms with E-state index >= 15 is 0 Å². The number of benzene rings is 1. The molecule has 0 saturated carbocycles. The molecule has 0 amide bonds. The highest BCUT2D eigenvalue weighted by molar-refractivity contribution is 5.92. The average molecular weight is 256 g/mol. The molecule has 96 valence electrons. The van der Waals surface area contributed by atoms with E-state index < -0.39 is 5.63 Å². The smallest absolute Gasteiger partial charge is 0.337 e. The van der Waals surface area contributed by atoms with Crippen LogP contribution in [0.5, 0.6) is 0 Å². The minimum Gasteiger partial charge on any atom is -0.402 e. The van der Waals surface area contributed by atoms with Crippen molar-refractivity contribution < 1.29 is 9.52 Å². The third-order valence-corrected chi connectivity index (χ3v) is 2.99. The molecule has 0 aliphatic carbocycles. The number of hydrogen-bond acceptors (Lipinski definition) is 4. The second-order valence-electron chi connectivity index (χ2n) is 4.21.